The summed E-state index contributed by atoms with van der Waals surface area (Å²) in [7, 11) is 4.17. The number of likely N-dealkylation sites (N-methyl/N-ethyl adjacent to an activating group) is 1. The highest BCUT2D eigenvalue weighted by atomic mass is 79.9. The number of rotatable bonds is 5. The van der Waals surface area contributed by atoms with Crippen molar-refractivity contribution in [3.8, 4) is 0 Å². The Hall–Kier alpha value is -0.390. The molecule has 1 aromatic heterocycles. The zero-order valence-corrected chi connectivity index (χ0v) is 13.6. The van der Waals surface area contributed by atoms with Gasteiger partial charge in [0.2, 0.25) is 0 Å². The van der Waals surface area contributed by atoms with E-state index in [2.05, 4.69) is 44.7 Å². The molecule has 1 unspecified atom stereocenters. The van der Waals surface area contributed by atoms with Crippen LogP contribution < -0.4 is 5.73 Å². The summed E-state index contributed by atoms with van der Waals surface area (Å²) in [6.45, 7) is 1.88. The first-order chi connectivity index (χ1) is 9.09. The van der Waals surface area contributed by atoms with Gasteiger partial charge in [-0.15, -0.1) is 0 Å². The molecule has 1 fully saturated rings. The topological polar surface area (TPSA) is 47.1 Å². The fraction of sp³-hybridized carbons (Fsp3) is 0.786. The number of hydrogen-bond acceptors (Lipinski definition) is 3. The number of nitrogens with two attached hydrogens (primary N) is 1. The third-order valence-electron chi connectivity index (χ3n) is 4.07. The Morgan fingerprint density at radius 2 is 2.11 bits per heavy atom. The van der Waals surface area contributed by atoms with Crippen LogP contribution in [-0.4, -0.2) is 35.3 Å². The molecular formula is C14H25BrN4. The summed E-state index contributed by atoms with van der Waals surface area (Å²) < 4.78 is 3.13. The monoisotopic (exact) mass is 328 g/mol. The van der Waals surface area contributed by atoms with E-state index in [9.17, 15) is 0 Å². The highest BCUT2D eigenvalue weighted by molar-refractivity contribution is 9.10. The third kappa shape index (κ3) is 3.80. The summed E-state index contributed by atoms with van der Waals surface area (Å²) in [5, 5.41) is 4.47. The summed E-state index contributed by atoms with van der Waals surface area (Å²) in [5.74, 6) is 0.611. The predicted octanol–water partition coefficient (Wildman–Crippen LogP) is 2.79. The molecular weight excluding hydrogens is 304 g/mol. The summed E-state index contributed by atoms with van der Waals surface area (Å²) in [4.78, 5) is 2.17. The Morgan fingerprint density at radius 1 is 1.42 bits per heavy atom. The van der Waals surface area contributed by atoms with Gasteiger partial charge in [-0.2, -0.15) is 5.10 Å². The van der Waals surface area contributed by atoms with E-state index < -0.39 is 0 Å². The van der Waals surface area contributed by atoms with Crippen molar-refractivity contribution in [2.45, 2.75) is 44.7 Å². The van der Waals surface area contributed by atoms with Gasteiger partial charge in [0.1, 0.15) is 0 Å². The molecule has 2 rings (SSSR count). The van der Waals surface area contributed by atoms with Crippen LogP contribution in [0.2, 0.25) is 0 Å². The average molecular weight is 329 g/mol. The van der Waals surface area contributed by atoms with Crippen molar-refractivity contribution >= 4 is 15.9 Å². The minimum atomic E-state index is 0.110. The van der Waals surface area contributed by atoms with Gasteiger partial charge in [-0.05, 0) is 48.8 Å². The fourth-order valence-corrected chi connectivity index (χ4v) is 3.45. The van der Waals surface area contributed by atoms with E-state index >= 15 is 0 Å². The molecule has 0 aromatic carbocycles. The third-order valence-corrected chi connectivity index (χ3v) is 4.68. The lowest BCUT2D eigenvalue weighted by Gasteiger charge is -2.28. The normalized spacial score (nSPS) is 19.0. The van der Waals surface area contributed by atoms with Crippen LogP contribution in [-0.2, 0) is 6.54 Å². The maximum absolute atomic E-state index is 6.52. The molecule has 1 atom stereocenters. The molecule has 5 heteroatoms. The number of halogens is 1. The molecule has 0 amide bonds. The molecule has 0 radical (unpaired) electrons. The maximum atomic E-state index is 6.52. The van der Waals surface area contributed by atoms with Crippen LogP contribution in [0.3, 0.4) is 0 Å². The zero-order valence-electron chi connectivity index (χ0n) is 12.0. The first kappa shape index (κ1) is 15.0. The van der Waals surface area contributed by atoms with E-state index in [1.165, 1.54) is 37.8 Å². The van der Waals surface area contributed by atoms with Crippen molar-refractivity contribution in [1.29, 1.82) is 0 Å². The van der Waals surface area contributed by atoms with Gasteiger partial charge >= 0.3 is 0 Å². The van der Waals surface area contributed by atoms with Crippen LogP contribution in [0, 0.1) is 5.92 Å². The van der Waals surface area contributed by atoms with Crippen LogP contribution in [0.1, 0.15) is 43.8 Å². The minimum absolute atomic E-state index is 0.110. The van der Waals surface area contributed by atoms with Crippen molar-refractivity contribution in [2.24, 2.45) is 11.7 Å². The van der Waals surface area contributed by atoms with Crippen LogP contribution in [0.4, 0.5) is 0 Å². The largest absolute Gasteiger partial charge is 0.322 e. The van der Waals surface area contributed by atoms with Crippen molar-refractivity contribution < 1.29 is 0 Å². The standard InChI is InChI=1S/C14H25BrN4/c1-18(2)8-9-19-14(12(15)10-17-19)13(16)11-6-4-3-5-7-11/h10-11,13H,3-9,16H2,1-2H3. The van der Waals surface area contributed by atoms with Gasteiger partial charge < -0.3 is 10.6 Å². The molecule has 0 spiro atoms. The van der Waals surface area contributed by atoms with Crippen molar-refractivity contribution in [3.05, 3.63) is 16.4 Å². The molecule has 4 nitrogen and oxygen atoms in total. The quantitative estimate of drug-likeness (QED) is 0.904. The Bertz CT molecular complexity index is 396. The van der Waals surface area contributed by atoms with E-state index in [1.54, 1.807) is 0 Å². The van der Waals surface area contributed by atoms with Crippen LogP contribution in [0.25, 0.3) is 0 Å². The lowest BCUT2D eigenvalue weighted by atomic mass is 9.83. The Balaban J connectivity index is 2.10. The lowest BCUT2D eigenvalue weighted by Crippen LogP contribution is -2.28. The second kappa shape index (κ2) is 6.86. The molecule has 1 saturated carbocycles. The summed E-state index contributed by atoms with van der Waals surface area (Å²) in [5.41, 5.74) is 7.69. The van der Waals surface area contributed by atoms with E-state index in [1.807, 2.05) is 6.20 Å². The summed E-state index contributed by atoms with van der Waals surface area (Å²) >= 11 is 3.61. The average Bonchev–Trinajstić information content (AvgIpc) is 2.78. The highest BCUT2D eigenvalue weighted by Crippen LogP contribution is 2.35. The van der Waals surface area contributed by atoms with E-state index in [4.69, 9.17) is 5.73 Å². The van der Waals surface area contributed by atoms with Gasteiger partial charge in [-0.1, -0.05) is 19.3 Å². The molecule has 0 bridgehead atoms. The fourth-order valence-electron chi connectivity index (χ4n) is 2.89. The van der Waals surface area contributed by atoms with Gasteiger partial charge in [-0.25, -0.2) is 0 Å². The van der Waals surface area contributed by atoms with E-state index in [0.29, 0.717) is 5.92 Å². The summed E-state index contributed by atoms with van der Waals surface area (Å²) in [6, 6.07) is 0.110. The van der Waals surface area contributed by atoms with Crippen molar-refractivity contribution in [1.82, 2.24) is 14.7 Å². The zero-order chi connectivity index (χ0) is 13.8. The Labute approximate surface area is 124 Å². The molecule has 0 saturated heterocycles. The van der Waals surface area contributed by atoms with Crippen LogP contribution in [0.15, 0.2) is 10.7 Å². The summed E-state index contributed by atoms with van der Waals surface area (Å²) in [6.07, 6.45) is 8.40. The lowest BCUT2D eigenvalue weighted by molar-refractivity contribution is 0.292. The number of nitrogens with zero attached hydrogens (tertiary/aromatic N) is 3. The van der Waals surface area contributed by atoms with Gasteiger partial charge in [0.15, 0.2) is 0 Å². The van der Waals surface area contributed by atoms with Crippen molar-refractivity contribution in [3.63, 3.8) is 0 Å². The number of aromatic nitrogens is 2. The Morgan fingerprint density at radius 3 is 2.74 bits per heavy atom. The van der Waals surface area contributed by atoms with Gasteiger partial charge in [0.25, 0.3) is 0 Å². The molecule has 19 heavy (non-hydrogen) atoms. The molecule has 1 aliphatic carbocycles. The van der Waals surface area contributed by atoms with Crippen LogP contribution >= 0.6 is 15.9 Å². The molecule has 1 aromatic rings. The first-order valence-corrected chi connectivity index (χ1v) is 8.00. The minimum Gasteiger partial charge on any atom is -0.322 e. The second-order valence-electron chi connectivity index (χ2n) is 5.83. The van der Waals surface area contributed by atoms with Crippen molar-refractivity contribution in [2.75, 3.05) is 20.6 Å². The van der Waals surface area contributed by atoms with Gasteiger partial charge in [-0.3, -0.25) is 4.68 Å². The first-order valence-electron chi connectivity index (χ1n) is 7.21. The highest BCUT2D eigenvalue weighted by Gasteiger charge is 2.26. The molecule has 2 N–H and O–H groups in total. The predicted molar refractivity (Wildman–Crippen MR) is 82.0 cm³/mol. The van der Waals surface area contributed by atoms with E-state index in [0.717, 1.165) is 17.6 Å². The maximum Gasteiger partial charge on any atom is 0.0696 e. The second-order valence-corrected chi connectivity index (χ2v) is 6.68. The SMILES string of the molecule is CN(C)CCn1ncc(Br)c1C(N)C1CCCCC1. The van der Waals surface area contributed by atoms with Gasteiger partial charge in [0.05, 0.1) is 29.0 Å². The smallest absolute Gasteiger partial charge is 0.0696 e. The van der Waals surface area contributed by atoms with Gasteiger partial charge in [0, 0.05) is 6.54 Å². The molecule has 1 aliphatic rings. The van der Waals surface area contributed by atoms with Crippen LogP contribution in [0.5, 0.6) is 0 Å². The Kier molecular flexibility index (Phi) is 5.42. The van der Waals surface area contributed by atoms with E-state index in [-0.39, 0.29) is 6.04 Å². The molecule has 108 valence electrons. The number of hydrogen-bond donors (Lipinski definition) is 1. The molecule has 1 heterocycles. The molecule has 0 aliphatic heterocycles.